The van der Waals surface area contributed by atoms with E-state index < -0.39 is 0 Å². The fourth-order valence-electron chi connectivity index (χ4n) is 1.65. The molecule has 2 nitrogen and oxygen atoms in total. The molecule has 0 aliphatic heterocycles. The Kier molecular flexibility index (Phi) is 5.42. The predicted molar refractivity (Wildman–Crippen MR) is 82.0 cm³/mol. The number of nitrogens with one attached hydrogen (secondary N) is 1. The third-order valence-corrected chi connectivity index (χ3v) is 3.85. The van der Waals surface area contributed by atoms with E-state index >= 15 is 0 Å². The van der Waals surface area contributed by atoms with Crippen LogP contribution >= 0.6 is 11.6 Å². The molecule has 1 amide bonds. The summed E-state index contributed by atoms with van der Waals surface area (Å²) in [5.74, 6) is 0.289. The molecule has 1 aromatic rings. The number of hydrogen-bond acceptors (Lipinski definition) is 1. The Morgan fingerprint density at radius 3 is 2.16 bits per heavy atom. The minimum absolute atomic E-state index is 0.0298. The van der Waals surface area contributed by atoms with Crippen LogP contribution in [-0.4, -0.2) is 17.8 Å². The Morgan fingerprint density at radius 1 is 1.21 bits per heavy atom. The number of benzene rings is 1. The number of alkyl halides is 1. The molecule has 0 aromatic heterocycles. The third-order valence-electron chi connectivity index (χ3n) is 3.19. The van der Waals surface area contributed by atoms with Crippen molar-refractivity contribution in [3.8, 4) is 0 Å². The predicted octanol–water partition coefficient (Wildman–Crippen LogP) is 3.98. The van der Waals surface area contributed by atoms with Crippen molar-refractivity contribution in [3.05, 3.63) is 35.4 Å². The molecule has 3 heteroatoms. The standard InChI is InChI=1S/C16H24ClNO/c1-11(2)14(17)10-18-15(19)12-6-8-13(9-7-12)16(3,4)5/h6-9,11,14H,10H2,1-5H3,(H,18,19). The zero-order chi connectivity index (χ0) is 14.6. The monoisotopic (exact) mass is 281 g/mol. The molecule has 1 atom stereocenters. The third kappa shape index (κ3) is 4.87. The number of hydrogen-bond donors (Lipinski definition) is 1. The van der Waals surface area contributed by atoms with Gasteiger partial charge in [-0.25, -0.2) is 0 Å². The van der Waals surface area contributed by atoms with Gasteiger partial charge in [-0.3, -0.25) is 4.79 Å². The van der Waals surface area contributed by atoms with Crippen molar-refractivity contribution >= 4 is 17.5 Å². The summed E-state index contributed by atoms with van der Waals surface area (Å²) >= 11 is 6.12. The Hall–Kier alpha value is -1.02. The molecule has 0 bridgehead atoms. The van der Waals surface area contributed by atoms with E-state index in [4.69, 9.17) is 11.6 Å². The quantitative estimate of drug-likeness (QED) is 0.831. The zero-order valence-electron chi connectivity index (χ0n) is 12.5. The van der Waals surface area contributed by atoms with E-state index in [1.807, 2.05) is 38.1 Å². The first kappa shape index (κ1) is 16.0. The second-order valence-electron chi connectivity index (χ2n) is 6.30. The van der Waals surface area contributed by atoms with E-state index in [0.717, 1.165) is 0 Å². The van der Waals surface area contributed by atoms with Gasteiger partial charge in [0.1, 0.15) is 0 Å². The zero-order valence-corrected chi connectivity index (χ0v) is 13.2. The molecule has 0 radical (unpaired) electrons. The second-order valence-corrected chi connectivity index (χ2v) is 6.86. The van der Waals surface area contributed by atoms with Gasteiger partial charge < -0.3 is 5.32 Å². The number of carbonyl (C=O) groups is 1. The highest BCUT2D eigenvalue weighted by molar-refractivity contribution is 6.21. The molecule has 19 heavy (non-hydrogen) atoms. The van der Waals surface area contributed by atoms with E-state index in [1.165, 1.54) is 5.56 Å². The molecule has 0 spiro atoms. The van der Waals surface area contributed by atoms with E-state index in [2.05, 4.69) is 26.1 Å². The summed E-state index contributed by atoms with van der Waals surface area (Å²) in [5, 5.41) is 2.84. The molecule has 1 aromatic carbocycles. The van der Waals surface area contributed by atoms with Crippen LogP contribution in [0.1, 0.15) is 50.5 Å². The fourth-order valence-corrected chi connectivity index (χ4v) is 1.73. The van der Waals surface area contributed by atoms with Gasteiger partial charge in [-0.1, -0.05) is 46.8 Å². The van der Waals surface area contributed by atoms with Crippen molar-refractivity contribution in [2.45, 2.75) is 45.4 Å². The maximum Gasteiger partial charge on any atom is 0.251 e. The smallest absolute Gasteiger partial charge is 0.251 e. The largest absolute Gasteiger partial charge is 0.351 e. The summed E-state index contributed by atoms with van der Waals surface area (Å²) in [6, 6.07) is 7.76. The van der Waals surface area contributed by atoms with Gasteiger partial charge in [0.25, 0.3) is 5.91 Å². The Bertz CT molecular complexity index is 417. The van der Waals surface area contributed by atoms with Gasteiger partial charge in [0.05, 0.1) is 5.38 Å². The van der Waals surface area contributed by atoms with Gasteiger partial charge in [-0.2, -0.15) is 0 Å². The molecule has 106 valence electrons. The molecule has 1 N–H and O–H groups in total. The highest BCUT2D eigenvalue weighted by atomic mass is 35.5. The maximum atomic E-state index is 12.0. The summed E-state index contributed by atoms with van der Waals surface area (Å²) in [6.07, 6.45) is 0. The van der Waals surface area contributed by atoms with Crippen LogP contribution < -0.4 is 5.32 Å². The van der Waals surface area contributed by atoms with Gasteiger partial charge in [-0.05, 0) is 29.0 Å². The topological polar surface area (TPSA) is 29.1 Å². The molecule has 0 aliphatic rings. The van der Waals surface area contributed by atoms with E-state index in [-0.39, 0.29) is 16.7 Å². The minimum atomic E-state index is -0.0632. The Labute approximate surface area is 121 Å². The molecule has 0 heterocycles. The lowest BCUT2D eigenvalue weighted by Gasteiger charge is -2.19. The van der Waals surface area contributed by atoms with Crippen molar-refractivity contribution in [1.82, 2.24) is 5.32 Å². The van der Waals surface area contributed by atoms with E-state index in [9.17, 15) is 4.79 Å². The summed E-state index contributed by atoms with van der Waals surface area (Å²) in [4.78, 5) is 12.0. The van der Waals surface area contributed by atoms with Gasteiger partial charge in [0, 0.05) is 12.1 Å². The average Bonchev–Trinajstić information content (AvgIpc) is 2.34. The fraction of sp³-hybridized carbons (Fsp3) is 0.562. The lowest BCUT2D eigenvalue weighted by molar-refractivity contribution is 0.0952. The second kappa shape index (κ2) is 6.42. The molecule has 1 unspecified atom stereocenters. The van der Waals surface area contributed by atoms with Crippen molar-refractivity contribution in [2.24, 2.45) is 5.92 Å². The number of halogens is 1. The number of carbonyl (C=O) groups excluding carboxylic acids is 1. The Morgan fingerprint density at radius 2 is 1.74 bits per heavy atom. The van der Waals surface area contributed by atoms with Crippen LogP contribution in [0.15, 0.2) is 24.3 Å². The molecule has 0 fully saturated rings. The van der Waals surface area contributed by atoms with Gasteiger partial charge in [0.2, 0.25) is 0 Å². The molecule has 0 saturated carbocycles. The average molecular weight is 282 g/mol. The van der Waals surface area contributed by atoms with Gasteiger partial charge in [-0.15, -0.1) is 11.6 Å². The number of rotatable bonds is 4. The number of amides is 1. The molecular formula is C16H24ClNO. The summed E-state index contributed by atoms with van der Waals surface area (Å²) in [6.45, 7) is 11.1. The van der Waals surface area contributed by atoms with Crippen molar-refractivity contribution in [2.75, 3.05) is 6.54 Å². The highest BCUT2D eigenvalue weighted by Crippen LogP contribution is 2.22. The minimum Gasteiger partial charge on any atom is -0.351 e. The van der Waals surface area contributed by atoms with Crippen molar-refractivity contribution in [1.29, 1.82) is 0 Å². The van der Waals surface area contributed by atoms with Crippen LogP contribution in [0.4, 0.5) is 0 Å². The van der Waals surface area contributed by atoms with Crippen LogP contribution in [0.5, 0.6) is 0 Å². The highest BCUT2D eigenvalue weighted by Gasteiger charge is 2.15. The molecule has 1 rings (SSSR count). The SMILES string of the molecule is CC(C)C(Cl)CNC(=O)c1ccc(C(C)(C)C)cc1. The van der Waals surface area contributed by atoms with E-state index in [1.54, 1.807) is 0 Å². The van der Waals surface area contributed by atoms with Crippen LogP contribution in [-0.2, 0) is 5.41 Å². The van der Waals surface area contributed by atoms with Gasteiger partial charge >= 0.3 is 0 Å². The first-order chi connectivity index (χ1) is 8.71. The van der Waals surface area contributed by atoms with E-state index in [0.29, 0.717) is 18.0 Å². The van der Waals surface area contributed by atoms with Gasteiger partial charge in [0.15, 0.2) is 0 Å². The van der Waals surface area contributed by atoms with Crippen LogP contribution in [0.25, 0.3) is 0 Å². The molecule has 0 saturated heterocycles. The lowest BCUT2D eigenvalue weighted by Crippen LogP contribution is -2.32. The molecule has 0 aliphatic carbocycles. The van der Waals surface area contributed by atoms with Crippen LogP contribution in [0, 0.1) is 5.92 Å². The first-order valence-corrected chi connectivity index (χ1v) is 7.18. The Balaban J connectivity index is 2.64. The molecular weight excluding hydrogens is 258 g/mol. The van der Waals surface area contributed by atoms with Crippen molar-refractivity contribution in [3.63, 3.8) is 0 Å². The summed E-state index contributed by atoms with van der Waals surface area (Å²) < 4.78 is 0. The van der Waals surface area contributed by atoms with Crippen molar-refractivity contribution < 1.29 is 4.79 Å². The van der Waals surface area contributed by atoms with Crippen LogP contribution in [0.2, 0.25) is 0 Å². The summed E-state index contributed by atoms with van der Waals surface area (Å²) in [5.41, 5.74) is 2.01. The first-order valence-electron chi connectivity index (χ1n) is 6.74. The lowest BCUT2D eigenvalue weighted by atomic mass is 9.87. The normalized spacial score (nSPS) is 13.4. The maximum absolute atomic E-state index is 12.0. The van der Waals surface area contributed by atoms with Crippen LogP contribution in [0.3, 0.4) is 0 Å². The summed E-state index contributed by atoms with van der Waals surface area (Å²) in [7, 11) is 0.